The van der Waals surface area contributed by atoms with E-state index < -0.39 is 12.5 Å². The van der Waals surface area contributed by atoms with Crippen molar-refractivity contribution >= 4 is 23.7 Å². The Balaban J connectivity index is 1.99. The molecule has 2 aromatic rings. The van der Waals surface area contributed by atoms with Gasteiger partial charge in [0.1, 0.15) is 5.75 Å². The number of hydrazone groups is 1. The van der Waals surface area contributed by atoms with Crippen molar-refractivity contribution in [1.82, 2.24) is 5.43 Å². The van der Waals surface area contributed by atoms with E-state index in [1.54, 1.807) is 38.1 Å². The fourth-order valence-corrected chi connectivity index (χ4v) is 2.47. The molecule has 1 N–H and O–H groups in total. The van der Waals surface area contributed by atoms with E-state index in [9.17, 15) is 13.6 Å². The Morgan fingerprint density at radius 2 is 2.04 bits per heavy atom. The predicted molar refractivity (Wildman–Crippen MR) is 102 cm³/mol. The van der Waals surface area contributed by atoms with E-state index in [4.69, 9.17) is 21.1 Å². The zero-order chi connectivity index (χ0) is 20.5. The van der Waals surface area contributed by atoms with Crippen LogP contribution < -0.4 is 19.6 Å². The first-order valence-electron chi connectivity index (χ1n) is 8.32. The second kappa shape index (κ2) is 10.5. The van der Waals surface area contributed by atoms with E-state index in [1.165, 1.54) is 18.3 Å². The van der Waals surface area contributed by atoms with E-state index >= 15 is 0 Å². The van der Waals surface area contributed by atoms with Gasteiger partial charge in [-0.2, -0.15) is 13.9 Å². The molecule has 0 aliphatic rings. The zero-order valence-corrected chi connectivity index (χ0v) is 16.0. The lowest BCUT2D eigenvalue weighted by molar-refractivity contribution is -0.123. The molecule has 0 atom stereocenters. The Bertz CT molecular complexity index is 847. The lowest BCUT2D eigenvalue weighted by Crippen LogP contribution is -2.24. The highest BCUT2D eigenvalue weighted by Crippen LogP contribution is 2.31. The molecule has 6 nitrogen and oxygen atoms in total. The SMILES string of the molecule is CCOc1cccc(/C=N\NC(=O)COc2ccc(Cl)cc2C)c1OC(F)F. The maximum Gasteiger partial charge on any atom is 0.387 e. The van der Waals surface area contributed by atoms with Crippen molar-refractivity contribution in [3.63, 3.8) is 0 Å². The third-order valence-corrected chi connectivity index (χ3v) is 3.64. The highest BCUT2D eigenvalue weighted by Gasteiger charge is 2.14. The molecular formula is C19H19ClF2N2O4. The quantitative estimate of drug-likeness (QED) is 0.495. The summed E-state index contributed by atoms with van der Waals surface area (Å²) in [5.41, 5.74) is 3.27. The molecule has 2 rings (SSSR count). The molecule has 0 saturated carbocycles. The number of ether oxygens (including phenoxy) is 3. The molecular weight excluding hydrogens is 394 g/mol. The number of amides is 1. The zero-order valence-electron chi connectivity index (χ0n) is 15.2. The number of aryl methyl sites for hydroxylation is 1. The average molecular weight is 413 g/mol. The van der Waals surface area contributed by atoms with Crippen molar-refractivity contribution < 1.29 is 27.8 Å². The third kappa shape index (κ3) is 6.38. The molecule has 0 radical (unpaired) electrons. The van der Waals surface area contributed by atoms with Gasteiger partial charge in [0.25, 0.3) is 5.91 Å². The molecule has 1 amide bonds. The molecule has 9 heteroatoms. The maximum absolute atomic E-state index is 12.7. The fourth-order valence-electron chi connectivity index (χ4n) is 2.24. The van der Waals surface area contributed by atoms with Crippen molar-refractivity contribution in [2.24, 2.45) is 5.10 Å². The second-order valence-corrected chi connectivity index (χ2v) is 5.91. The number of benzene rings is 2. The van der Waals surface area contributed by atoms with Crippen molar-refractivity contribution in [2.75, 3.05) is 13.2 Å². The molecule has 28 heavy (non-hydrogen) atoms. The van der Waals surface area contributed by atoms with Gasteiger partial charge in [-0.3, -0.25) is 4.79 Å². The summed E-state index contributed by atoms with van der Waals surface area (Å²) < 4.78 is 40.5. The lowest BCUT2D eigenvalue weighted by atomic mass is 10.2. The van der Waals surface area contributed by atoms with Crippen LogP contribution in [0.25, 0.3) is 0 Å². The number of carbonyl (C=O) groups is 1. The summed E-state index contributed by atoms with van der Waals surface area (Å²) in [5, 5.41) is 4.32. The number of rotatable bonds is 9. The molecule has 0 aliphatic heterocycles. The van der Waals surface area contributed by atoms with E-state index in [2.05, 4.69) is 15.3 Å². The Labute approximate surface area is 166 Å². The highest BCUT2D eigenvalue weighted by atomic mass is 35.5. The Hall–Kier alpha value is -2.87. The van der Waals surface area contributed by atoms with Crippen molar-refractivity contribution in [3.05, 3.63) is 52.5 Å². The number of nitrogens with zero attached hydrogens (tertiary/aromatic N) is 1. The van der Waals surface area contributed by atoms with Gasteiger partial charge in [-0.25, -0.2) is 5.43 Å². The molecule has 0 heterocycles. The molecule has 0 fully saturated rings. The molecule has 0 bridgehead atoms. The summed E-state index contributed by atoms with van der Waals surface area (Å²) >= 11 is 5.86. The molecule has 0 aromatic heterocycles. The molecule has 0 saturated heterocycles. The number of para-hydroxylation sites is 1. The Morgan fingerprint density at radius 3 is 2.71 bits per heavy atom. The predicted octanol–water partition coefficient (Wildman–Crippen LogP) is 4.18. The summed E-state index contributed by atoms with van der Waals surface area (Å²) in [5.74, 6) is -0.0199. The van der Waals surface area contributed by atoms with Crippen LogP contribution in [0.5, 0.6) is 17.2 Å². The first-order valence-corrected chi connectivity index (χ1v) is 8.70. The summed E-state index contributed by atoms with van der Waals surface area (Å²) in [6, 6.07) is 9.61. The summed E-state index contributed by atoms with van der Waals surface area (Å²) in [6.45, 7) is 0.486. The van der Waals surface area contributed by atoms with Crippen LogP contribution in [0.4, 0.5) is 8.78 Å². The van der Waals surface area contributed by atoms with Crippen LogP contribution in [0, 0.1) is 6.92 Å². The van der Waals surface area contributed by atoms with Crippen LogP contribution in [0.2, 0.25) is 5.02 Å². The molecule has 2 aromatic carbocycles. The van der Waals surface area contributed by atoms with E-state index in [0.717, 1.165) is 5.56 Å². The largest absolute Gasteiger partial charge is 0.490 e. The minimum Gasteiger partial charge on any atom is -0.490 e. The first-order chi connectivity index (χ1) is 13.4. The van der Waals surface area contributed by atoms with Gasteiger partial charge in [0.15, 0.2) is 18.1 Å². The Morgan fingerprint density at radius 1 is 1.25 bits per heavy atom. The van der Waals surface area contributed by atoms with E-state index in [0.29, 0.717) is 10.8 Å². The highest BCUT2D eigenvalue weighted by molar-refractivity contribution is 6.30. The smallest absolute Gasteiger partial charge is 0.387 e. The summed E-state index contributed by atoms with van der Waals surface area (Å²) in [6.07, 6.45) is 1.19. The fraction of sp³-hybridized carbons (Fsp3) is 0.263. The van der Waals surface area contributed by atoms with Crippen molar-refractivity contribution in [3.8, 4) is 17.2 Å². The maximum atomic E-state index is 12.7. The van der Waals surface area contributed by atoms with Crippen LogP contribution in [-0.4, -0.2) is 31.9 Å². The van der Waals surface area contributed by atoms with Gasteiger partial charge in [0.05, 0.1) is 12.8 Å². The van der Waals surface area contributed by atoms with Crippen molar-refractivity contribution in [2.45, 2.75) is 20.5 Å². The van der Waals surface area contributed by atoms with Gasteiger partial charge < -0.3 is 14.2 Å². The lowest BCUT2D eigenvalue weighted by Gasteiger charge is -2.13. The molecule has 150 valence electrons. The first kappa shape index (κ1) is 21.4. The van der Waals surface area contributed by atoms with E-state index in [1.807, 2.05) is 0 Å². The van der Waals surface area contributed by atoms with Crippen LogP contribution in [-0.2, 0) is 4.79 Å². The average Bonchev–Trinajstić information content (AvgIpc) is 2.63. The number of nitrogens with one attached hydrogen (secondary N) is 1. The van der Waals surface area contributed by atoms with Gasteiger partial charge in [0, 0.05) is 10.6 Å². The van der Waals surface area contributed by atoms with Gasteiger partial charge in [-0.1, -0.05) is 17.7 Å². The van der Waals surface area contributed by atoms with Crippen LogP contribution in [0.3, 0.4) is 0 Å². The number of hydrogen-bond acceptors (Lipinski definition) is 5. The van der Waals surface area contributed by atoms with Crippen molar-refractivity contribution in [1.29, 1.82) is 0 Å². The molecule has 0 spiro atoms. The van der Waals surface area contributed by atoms with Gasteiger partial charge in [-0.05, 0) is 49.7 Å². The second-order valence-electron chi connectivity index (χ2n) is 5.48. The summed E-state index contributed by atoms with van der Waals surface area (Å²) in [4.78, 5) is 11.9. The van der Waals surface area contributed by atoms with Crippen LogP contribution >= 0.6 is 11.6 Å². The van der Waals surface area contributed by atoms with Crippen LogP contribution in [0.15, 0.2) is 41.5 Å². The minimum atomic E-state index is -3.03. The summed E-state index contributed by atoms with van der Waals surface area (Å²) in [7, 11) is 0. The number of carbonyl (C=O) groups excluding carboxylic acids is 1. The normalized spacial score (nSPS) is 10.9. The van der Waals surface area contributed by atoms with E-state index in [-0.39, 0.29) is 30.3 Å². The topological polar surface area (TPSA) is 69.2 Å². The van der Waals surface area contributed by atoms with Crippen LogP contribution in [0.1, 0.15) is 18.1 Å². The van der Waals surface area contributed by atoms with Gasteiger partial charge in [0.2, 0.25) is 0 Å². The van der Waals surface area contributed by atoms with Gasteiger partial charge in [-0.15, -0.1) is 0 Å². The molecule has 0 unspecified atom stereocenters. The standard InChI is InChI=1S/C19H19ClF2N2O4/c1-3-26-16-6-4-5-13(18(16)28-19(21)22)10-23-24-17(25)11-27-15-8-7-14(20)9-12(15)2/h4-10,19H,3,11H2,1-2H3,(H,24,25)/b23-10-. The number of hydrogen-bond donors (Lipinski definition) is 1. The Kier molecular flexibility index (Phi) is 8.01. The number of alkyl halides is 2. The minimum absolute atomic E-state index is 0.152. The monoisotopic (exact) mass is 412 g/mol. The number of halogens is 3. The molecule has 0 aliphatic carbocycles. The third-order valence-electron chi connectivity index (χ3n) is 3.40. The van der Waals surface area contributed by atoms with Gasteiger partial charge >= 0.3 is 6.61 Å².